The van der Waals surface area contributed by atoms with Crippen molar-refractivity contribution in [1.82, 2.24) is 14.5 Å². The Kier molecular flexibility index (Phi) is 3.16. The van der Waals surface area contributed by atoms with Crippen molar-refractivity contribution >= 4 is 16.9 Å². The Morgan fingerprint density at radius 3 is 2.68 bits per heavy atom. The van der Waals surface area contributed by atoms with Crippen molar-refractivity contribution in [3.05, 3.63) is 53.1 Å². The molecule has 0 unspecified atom stereocenters. The second-order valence-corrected chi connectivity index (χ2v) is 5.26. The molecule has 0 aliphatic carbocycles. The molecule has 3 aromatic rings. The standard InChI is InChI=1S/C16H16N4O2/c21-16-18-13-3-1-2-4-14(13)20(16)12-5-6-15(17-11-12)19-7-9-22-10-8-19/h1-6,11H,7-10H2,(H,18,21). The zero-order valence-electron chi connectivity index (χ0n) is 12.0. The molecular formula is C16H16N4O2. The number of morpholine rings is 1. The number of ether oxygens (including phenoxy) is 1. The Balaban J connectivity index is 1.73. The number of aromatic nitrogens is 3. The predicted molar refractivity (Wildman–Crippen MR) is 84.7 cm³/mol. The van der Waals surface area contributed by atoms with Gasteiger partial charge in [-0.05, 0) is 24.3 Å². The third kappa shape index (κ3) is 2.17. The number of pyridine rings is 1. The van der Waals surface area contributed by atoms with Crippen LogP contribution in [0.15, 0.2) is 47.4 Å². The molecule has 1 saturated heterocycles. The summed E-state index contributed by atoms with van der Waals surface area (Å²) >= 11 is 0. The van der Waals surface area contributed by atoms with Gasteiger partial charge in [-0.1, -0.05) is 12.1 Å². The van der Waals surface area contributed by atoms with Gasteiger partial charge in [0.05, 0.1) is 36.1 Å². The summed E-state index contributed by atoms with van der Waals surface area (Å²) in [6.07, 6.45) is 1.74. The molecule has 1 aliphatic heterocycles. The van der Waals surface area contributed by atoms with Crippen molar-refractivity contribution in [3.63, 3.8) is 0 Å². The molecule has 1 aromatic carbocycles. The third-order valence-corrected chi connectivity index (χ3v) is 3.92. The van der Waals surface area contributed by atoms with Gasteiger partial charge in [0.25, 0.3) is 0 Å². The largest absolute Gasteiger partial charge is 0.378 e. The summed E-state index contributed by atoms with van der Waals surface area (Å²) < 4.78 is 6.99. The predicted octanol–water partition coefficient (Wildman–Crippen LogP) is 1.55. The van der Waals surface area contributed by atoms with Gasteiger partial charge in [-0.3, -0.25) is 4.57 Å². The van der Waals surface area contributed by atoms with Crippen LogP contribution in [0.1, 0.15) is 0 Å². The highest BCUT2D eigenvalue weighted by molar-refractivity contribution is 5.77. The van der Waals surface area contributed by atoms with Crippen LogP contribution in [0.3, 0.4) is 0 Å². The molecule has 1 aliphatic rings. The molecule has 4 rings (SSSR count). The zero-order chi connectivity index (χ0) is 14.9. The van der Waals surface area contributed by atoms with Crippen molar-refractivity contribution in [1.29, 1.82) is 0 Å². The average molecular weight is 296 g/mol. The molecule has 1 fully saturated rings. The first-order chi connectivity index (χ1) is 10.8. The fourth-order valence-corrected chi connectivity index (χ4v) is 2.80. The van der Waals surface area contributed by atoms with E-state index in [1.54, 1.807) is 10.8 Å². The van der Waals surface area contributed by atoms with E-state index in [4.69, 9.17) is 4.74 Å². The molecule has 0 bridgehead atoms. The number of hydrogen-bond donors (Lipinski definition) is 1. The van der Waals surface area contributed by atoms with Crippen molar-refractivity contribution < 1.29 is 4.74 Å². The lowest BCUT2D eigenvalue weighted by molar-refractivity contribution is 0.122. The number of fused-ring (bicyclic) bond motifs is 1. The van der Waals surface area contributed by atoms with E-state index >= 15 is 0 Å². The van der Waals surface area contributed by atoms with Crippen LogP contribution in [0.4, 0.5) is 5.82 Å². The van der Waals surface area contributed by atoms with Gasteiger partial charge < -0.3 is 14.6 Å². The maximum atomic E-state index is 12.2. The molecule has 1 N–H and O–H groups in total. The van der Waals surface area contributed by atoms with Gasteiger partial charge in [0, 0.05) is 13.1 Å². The number of benzene rings is 1. The Hall–Kier alpha value is -2.60. The number of nitrogens with zero attached hydrogens (tertiary/aromatic N) is 3. The first kappa shape index (κ1) is 13.1. The Morgan fingerprint density at radius 2 is 1.91 bits per heavy atom. The normalized spacial score (nSPS) is 15.4. The van der Waals surface area contributed by atoms with E-state index in [0.29, 0.717) is 0 Å². The van der Waals surface area contributed by atoms with E-state index in [2.05, 4.69) is 14.9 Å². The first-order valence-corrected chi connectivity index (χ1v) is 7.32. The van der Waals surface area contributed by atoms with E-state index in [1.807, 2.05) is 36.4 Å². The van der Waals surface area contributed by atoms with E-state index in [9.17, 15) is 4.79 Å². The van der Waals surface area contributed by atoms with Crippen LogP contribution in [0.5, 0.6) is 0 Å². The van der Waals surface area contributed by atoms with Gasteiger partial charge in [0.15, 0.2) is 0 Å². The van der Waals surface area contributed by atoms with Crippen LogP contribution in [0, 0.1) is 0 Å². The number of nitrogens with one attached hydrogen (secondary N) is 1. The minimum atomic E-state index is -0.151. The number of para-hydroxylation sites is 2. The second-order valence-electron chi connectivity index (χ2n) is 5.26. The summed E-state index contributed by atoms with van der Waals surface area (Å²) in [6.45, 7) is 3.15. The van der Waals surface area contributed by atoms with Crippen LogP contribution in [0.2, 0.25) is 0 Å². The van der Waals surface area contributed by atoms with Crippen LogP contribution < -0.4 is 10.6 Å². The van der Waals surface area contributed by atoms with Crippen molar-refractivity contribution in [2.24, 2.45) is 0 Å². The summed E-state index contributed by atoms with van der Waals surface area (Å²) in [4.78, 5) is 21.7. The number of hydrogen-bond acceptors (Lipinski definition) is 4. The minimum Gasteiger partial charge on any atom is -0.378 e. The maximum Gasteiger partial charge on any atom is 0.331 e. The van der Waals surface area contributed by atoms with E-state index in [0.717, 1.165) is 48.8 Å². The van der Waals surface area contributed by atoms with E-state index in [1.165, 1.54) is 0 Å². The first-order valence-electron chi connectivity index (χ1n) is 7.32. The second kappa shape index (κ2) is 5.31. The Morgan fingerprint density at radius 1 is 1.09 bits per heavy atom. The molecule has 0 radical (unpaired) electrons. The van der Waals surface area contributed by atoms with Gasteiger partial charge in [0.1, 0.15) is 5.82 Å². The molecule has 0 atom stereocenters. The number of H-pyrrole nitrogens is 1. The Bertz CT molecular complexity index is 844. The highest BCUT2D eigenvalue weighted by Gasteiger charge is 2.13. The molecule has 112 valence electrons. The summed E-state index contributed by atoms with van der Waals surface area (Å²) in [6, 6.07) is 11.5. The quantitative estimate of drug-likeness (QED) is 0.779. The lowest BCUT2D eigenvalue weighted by atomic mass is 10.3. The van der Waals surface area contributed by atoms with Gasteiger partial charge in [-0.15, -0.1) is 0 Å². The number of rotatable bonds is 2. The van der Waals surface area contributed by atoms with E-state index in [-0.39, 0.29) is 5.69 Å². The maximum absolute atomic E-state index is 12.2. The molecule has 3 heterocycles. The minimum absolute atomic E-state index is 0.151. The summed E-state index contributed by atoms with van der Waals surface area (Å²) in [5.74, 6) is 0.917. The number of aromatic amines is 1. The van der Waals surface area contributed by atoms with Gasteiger partial charge >= 0.3 is 5.69 Å². The van der Waals surface area contributed by atoms with Crippen LogP contribution in [-0.2, 0) is 4.74 Å². The fourth-order valence-electron chi connectivity index (χ4n) is 2.80. The van der Waals surface area contributed by atoms with Gasteiger partial charge in [-0.2, -0.15) is 0 Å². The molecule has 2 aromatic heterocycles. The summed E-state index contributed by atoms with van der Waals surface area (Å²) in [5.41, 5.74) is 2.29. The van der Waals surface area contributed by atoms with E-state index < -0.39 is 0 Å². The number of imidazole rings is 1. The molecule has 6 heteroatoms. The lowest BCUT2D eigenvalue weighted by Gasteiger charge is -2.27. The third-order valence-electron chi connectivity index (χ3n) is 3.92. The SMILES string of the molecule is O=c1[nH]c2ccccc2n1-c1ccc(N2CCOCC2)nc1. The molecule has 0 amide bonds. The van der Waals surface area contributed by atoms with Crippen molar-refractivity contribution in [3.8, 4) is 5.69 Å². The van der Waals surface area contributed by atoms with Crippen molar-refractivity contribution in [2.75, 3.05) is 31.2 Å². The smallest absolute Gasteiger partial charge is 0.331 e. The van der Waals surface area contributed by atoms with Gasteiger partial charge in [0.2, 0.25) is 0 Å². The molecule has 22 heavy (non-hydrogen) atoms. The highest BCUT2D eigenvalue weighted by atomic mass is 16.5. The molecule has 6 nitrogen and oxygen atoms in total. The number of anilines is 1. The average Bonchev–Trinajstić information content (AvgIpc) is 2.91. The topological polar surface area (TPSA) is 63.2 Å². The molecule has 0 saturated carbocycles. The monoisotopic (exact) mass is 296 g/mol. The lowest BCUT2D eigenvalue weighted by Crippen LogP contribution is -2.36. The Labute approximate surface area is 127 Å². The van der Waals surface area contributed by atoms with Crippen LogP contribution in [0.25, 0.3) is 16.7 Å². The molecular weight excluding hydrogens is 280 g/mol. The zero-order valence-corrected chi connectivity index (χ0v) is 12.0. The van der Waals surface area contributed by atoms with Gasteiger partial charge in [-0.25, -0.2) is 9.78 Å². The van der Waals surface area contributed by atoms with Crippen molar-refractivity contribution in [2.45, 2.75) is 0 Å². The summed E-state index contributed by atoms with van der Waals surface area (Å²) in [7, 11) is 0. The highest BCUT2D eigenvalue weighted by Crippen LogP contribution is 2.18. The van der Waals surface area contributed by atoms with Crippen LogP contribution in [-0.4, -0.2) is 40.8 Å². The summed E-state index contributed by atoms with van der Waals surface area (Å²) in [5, 5.41) is 0. The fraction of sp³-hybridized carbons (Fsp3) is 0.250. The van der Waals surface area contributed by atoms with Crippen LogP contribution >= 0.6 is 0 Å². The molecule has 0 spiro atoms.